The van der Waals surface area contributed by atoms with E-state index in [0.717, 1.165) is 37.3 Å². The van der Waals surface area contributed by atoms with Gasteiger partial charge in [-0.15, -0.1) is 0 Å². The molecule has 0 radical (unpaired) electrons. The highest BCUT2D eigenvalue weighted by atomic mass is 15.3. The number of benzene rings is 1. The van der Waals surface area contributed by atoms with Gasteiger partial charge in [-0.2, -0.15) is 5.10 Å². The van der Waals surface area contributed by atoms with Crippen LogP contribution in [0.15, 0.2) is 35.4 Å². The molecule has 1 fully saturated rings. The number of hydrogen-bond donors (Lipinski definition) is 1. The maximum atomic E-state index is 4.64. The van der Waals surface area contributed by atoms with Gasteiger partial charge in [-0.05, 0) is 37.6 Å². The van der Waals surface area contributed by atoms with Gasteiger partial charge in [0.1, 0.15) is 5.82 Å². The van der Waals surface area contributed by atoms with Crippen LogP contribution in [0.1, 0.15) is 31.7 Å². The molecule has 22 heavy (non-hydrogen) atoms. The molecule has 0 spiro atoms. The van der Waals surface area contributed by atoms with Gasteiger partial charge in [0.25, 0.3) is 0 Å². The van der Waals surface area contributed by atoms with Crippen LogP contribution in [0, 0.1) is 6.92 Å². The number of nitrogens with one attached hydrogen (secondary N) is 1. The molecule has 0 amide bonds. The Bertz CT molecular complexity index is 668. The Balaban J connectivity index is 1.68. The van der Waals surface area contributed by atoms with E-state index in [1.54, 1.807) is 0 Å². The predicted octanol–water partition coefficient (Wildman–Crippen LogP) is 3.82. The zero-order valence-corrected chi connectivity index (χ0v) is 13.5. The number of fused-ring (bicyclic) bond motifs is 1. The normalized spacial score (nSPS) is 16.0. The fraction of sp³-hybridized carbons (Fsp3) is 0.444. The Morgan fingerprint density at radius 3 is 2.77 bits per heavy atom. The summed E-state index contributed by atoms with van der Waals surface area (Å²) in [4.78, 5) is 7.15. The smallest absolute Gasteiger partial charge is 0.147 e. The molecule has 2 aromatic rings. The van der Waals surface area contributed by atoms with Crippen molar-refractivity contribution in [3.8, 4) is 0 Å². The van der Waals surface area contributed by atoms with Crippen molar-refractivity contribution in [2.45, 2.75) is 33.1 Å². The molecule has 0 bridgehead atoms. The number of piperidine rings is 1. The average molecular weight is 296 g/mol. The molecule has 0 unspecified atom stereocenters. The Morgan fingerprint density at radius 1 is 1.23 bits per heavy atom. The second-order valence-electron chi connectivity index (χ2n) is 5.97. The van der Waals surface area contributed by atoms with Gasteiger partial charge in [-0.3, -0.25) is 5.43 Å². The van der Waals surface area contributed by atoms with Crippen molar-refractivity contribution in [3.05, 3.63) is 35.9 Å². The zero-order chi connectivity index (χ0) is 15.4. The second kappa shape index (κ2) is 6.88. The van der Waals surface area contributed by atoms with Gasteiger partial charge in [-0.1, -0.05) is 25.1 Å². The molecule has 0 aliphatic carbocycles. The molecule has 0 saturated carbocycles. The first kappa shape index (κ1) is 15.0. The second-order valence-corrected chi connectivity index (χ2v) is 5.97. The summed E-state index contributed by atoms with van der Waals surface area (Å²) in [5.74, 6) is 0.833. The summed E-state index contributed by atoms with van der Waals surface area (Å²) in [6.07, 6.45) is 3.34. The molecule has 3 rings (SSSR count). The highest BCUT2D eigenvalue weighted by Crippen LogP contribution is 2.20. The predicted molar refractivity (Wildman–Crippen MR) is 93.5 cm³/mol. The number of nitrogens with zero attached hydrogens (tertiary/aromatic N) is 3. The fourth-order valence-electron chi connectivity index (χ4n) is 3.01. The number of aromatic nitrogens is 1. The molecular formula is C18H24N4. The Morgan fingerprint density at radius 2 is 2.00 bits per heavy atom. The molecule has 1 aromatic carbocycles. The topological polar surface area (TPSA) is 40.5 Å². The van der Waals surface area contributed by atoms with Crippen LogP contribution in [0.3, 0.4) is 0 Å². The zero-order valence-electron chi connectivity index (χ0n) is 13.5. The largest absolute Gasteiger partial charge is 0.303 e. The van der Waals surface area contributed by atoms with Crippen LogP contribution in [0.5, 0.6) is 0 Å². The maximum Gasteiger partial charge on any atom is 0.147 e. The van der Waals surface area contributed by atoms with Gasteiger partial charge in [0, 0.05) is 37.0 Å². The molecule has 1 aliphatic heterocycles. The van der Waals surface area contributed by atoms with E-state index in [4.69, 9.17) is 0 Å². The summed E-state index contributed by atoms with van der Waals surface area (Å²) in [7, 11) is 0. The van der Waals surface area contributed by atoms with E-state index in [1.165, 1.54) is 29.6 Å². The first-order valence-electron chi connectivity index (χ1n) is 8.16. The maximum absolute atomic E-state index is 4.64. The summed E-state index contributed by atoms with van der Waals surface area (Å²) in [5, 5.41) is 5.78. The molecule has 1 N–H and O–H groups in total. The molecule has 116 valence electrons. The number of para-hydroxylation sites is 1. The lowest BCUT2D eigenvalue weighted by molar-refractivity contribution is 0.275. The first-order valence-corrected chi connectivity index (χ1v) is 8.16. The van der Waals surface area contributed by atoms with Crippen molar-refractivity contribution in [2.75, 3.05) is 25.1 Å². The third-order valence-corrected chi connectivity index (χ3v) is 4.22. The number of rotatable bonds is 4. The lowest BCUT2D eigenvalue weighted by Crippen LogP contribution is -2.34. The quantitative estimate of drug-likeness (QED) is 0.872. The van der Waals surface area contributed by atoms with Crippen molar-refractivity contribution in [1.29, 1.82) is 0 Å². The van der Waals surface area contributed by atoms with Crippen LogP contribution in [0.2, 0.25) is 0 Å². The Hall–Kier alpha value is -1.94. The summed E-state index contributed by atoms with van der Waals surface area (Å²) in [5.41, 5.74) is 6.65. The Labute approximate surface area is 132 Å². The molecule has 1 aliphatic rings. The van der Waals surface area contributed by atoms with Gasteiger partial charge in [0.15, 0.2) is 0 Å². The van der Waals surface area contributed by atoms with Crippen LogP contribution in [-0.2, 0) is 0 Å². The summed E-state index contributed by atoms with van der Waals surface area (Å²) in [6, 6.07) is 10.3. The molecule has 1 saturated heterocycles. The number of pyridine rings is 1. The van der Waals surface area contributed by atoms with E-state index in [0.29, 0.717) is 0 Å². The van der Waals surface area contributed by atoms with Crippen LogP contribution < -0.4 is 5.43 Å². The standard InChI is InChI=1S/C18H24N4/c1-3-10-22-11-8-15(9-12-22)20-21-18-13-14(2)16-6-4-5-7-17(16)19-18/h4-7,13H,3,8-12H2,1-2H3,(H,19,21). The van der Waals surface area contributed by atoms with E-state index >= 15 is 0 Å². The van der Waals surface area contributed by atoms with Crippen LogP contribution in [-0.4, -0.2) is 35.2 Å². The van der Waals surface area contributed by atoms with Gasteiger partial charge >= 0.3 is 0 Å². The SMILES string of the molecule is CCCN1CCC(=NNc2cc(C)c3ccccc3n2)CC1. The molecule has 0 atom stereocenters. The van der Waals surface area contributed by atoms with E-state index in [-0.39, 0.29) is 0 Å². The van der Waals surface area contributed by atoms with E-state index in [1.807, 2.05) is 12.1 Å². The highest BCUT2D eigenvalue weighted by Gasteiger charge is 2.14. The average Bonchev–Trinajstić information content (AvgIpc) is 2.55. The van der Waals surface area contributed by atoms with Crippen molar-refractivity contribution >= 4 is 22.4 Å². The Kier molecular flexibility index (Phi) is 4.68. The number of likely N-dealkylation sites (tertiary alicyclic amines) is 1. The van der Waals surface area contributed by atoms with E-state index in [9.17, 15) is 0 Å². The van der Waals surface area contributed by atoms with Crippen LogP contribution in [0.25, 0.3) is 10.9 Å². The van der Waals surface area contributed by atoms with Gasteiger partial charge in [-0.25, -0.2) is 4.98 Å². The molecule has 4 nitrogen and oxygen atoms in total. The van der Waals surface area contributed by atoms with Crippen molar-refractivity contribution in [3.63, 3.8) is 0 Å². The summed E-state index contributed by atoms with van der Waals surface area (Å²) < 4.78 is 0. The molecule has 4 heteroatoms. The summed E-state index contributed by atoms with van der Waals surface area (Å²) in [6.45, 7) is 7.80. The van der Waals surface area contributed by atoms with Gasteiger partial charge < -0.3 is 4.90 Å². The monoisotopic (exact) mass is 296 g/mol. The van der Waals surface area contributed by atoms with Crippen molar-refractivity contribution < 1.29 is 0 Å². The number of anilines is 1. The minimum absolute atomic E-state index is 0.833. The van der Waals surface area contributed by atoms with Crippen LogP contribution in [0.4, 0.5) is 5.82 Å². The lowest BCUT2D eigenvalue weighted by atomic mass is 10.1. The third-order valence-electron chi connectivity index (χ3n) is 4.22. The number of hydrogen-bond acceptors (Lipinski definition) is 4. The minimum Gasteiger partial charge on any atom is -0.303 e. The fourth-order valence-corrected chi connectivity index (χ4v) is 3.01. The molecule has 1 aromatic heterocycles. The highest BCUT2D eigenvalue weighted by molar-refractivity contribution is 5.87. The number of aryl methyl sites for hydroxylation is 1. The minimum atomic E-state index is 0.833. The third kappa shape index (κ3) is 3.45. The first-order chi connectivity index (χ1) is 10.8. The summed E-state index contributed by atoms with van der Waals surface area (Å²) >= 11 is 0. The number of hydrazone groups is 1. The van der Waals surface area contributed by atoms with Gasteiger partial charge in [0.2, 0.25) is 0 Å². The molecular weight excluding hydrogens is 272 g/mol. The van der Waals surface area contributed by atoms with Crippen molar-refractivity contribution in [1.82, 2.24) is 9.88 Å². The molecule has 2 heterocycles. The van der Waals surface area contributed by atoms with Gasteiger partial charge in [0.05, 0.1) is 5.52 Å². The van der Waals surface area contributed by atoms with Crippen molar-refractivity contribution in [2.24, 2.45) is 5.10 Å². The van der Waals surface area contributed by atoms with E-state index in [2.05, 4.69) is 52.5 Å². The lowest BCUT2D eigenvalue weighted by Gasteiger charge is -2.26. The van der Waals surface area contributed by atoms with E-state index < -0.39 is 0 Å². The van der Waals surface area contributed by atoms with Crippen LogP contribution >= 0.6 is 0 Å².